The predicted molar refractivity (Wildman–Crippen MR) is 105 cm³/mol. The third kappa shape index (κ3) is 3.78. The topological polar surface area (TPSA) is 84.0 Å². The first kappa shape index (κ1) is 20.4. The average Bonchev–Trinajstić information content (AvgIpc) is 2.99. The van der Waals surface area contributed by atoms with E-state index in [0.29, 0.717) is 49.2 Å². The highest BCUT2D eigenvalue weighted by Gasteiger charge is 2.44. The Bertz CT molecular complexity index is 754. The van der Waals surface area contributed by atoms with Gasteiger partial charge in [-0.15, -0.1) is 0 Å². The first-order valence-corrected chi connectivity index (χ1v) is 10.7. The van der Waals surface area contributed by atoms with Crippen molar-refractivity contribution in [2.75, 3.05) is 32.2 Å². The van der Waals surface area contributed by atoms with Crippen LogP contribution in [0.4, 0.5) is 0 Å². The second-order valence-electron chi connectivity index (χ2n) is 6.95. The summed E-state index contributed by atoms with van der Waals surface area (Å²) in [5.41, 5.74) is 0.692. The summed E-state index contributed by atoms with van der Waals surface area (Å²) < 4.78 is 4.79. The normalized spacial score (nSPS) is 18.2. The number of imide groups is 1. The monoisotopic (exact) mass is 404 g/mol. The van der Waals surface area contributed by atoms with Crippen LogP contribution in [-0.2, 0) is 14.3 Å². The standard InChI is InChI=1S/C20H24N2O5S/c1-27-20(26)13-7-10-21(11-8-13)19(25)16(9-12-28-2)22-17(23)14-5-3-4-6-15(14)18(22)24/h3-6,13,16H,7-12H2,1-2H3. The van der Waals surface area contributed by atoms with E-state index in [1.165, 1.54) is 7.11 Å². The first-order valence-electron chi connectivity index (χ1n) is 9.32. The Morgan fingerprint density at radius 3 is 2.21 bits per heavy atom. The molecule has 28 heavy (non-hydrogen) atoms. The van der Waals surface area contributed by atoms with Crippen molar-refractivity contribution in [3.05, 3.63) is 35.4 Å². The maximum atomic E-state index is 13.2. The van der Waals surface area contributed by atoms with Crippen LogP contribution in [0.2, 0.25) is 0 Å². The van der Waals surface area contributed by atoms with Crippen molar-refractivity contribution in [2.24, 2.45) is 5.92 Å². The molecule has 8 heteroatoms. The van der Waals surface area contributed by atoms with Crippen LogP contribution in [-0.4, -0.2) is 71.7 Å². The van der Waals surface area contributed by atoms with Crippen molar-refractivity contribution in [3.8, 4) is 0 Å². The molecule has 0 bridgehead atoms. The average molecular weight is 404 g/mol. The number of piperidine rings is 1. The molecule has 1 aromatic rings. The van der Waals surface area contributed by atoms with E-state index in [1.54, 1.807) is 40.9 Å². The van der Waals surface area contributed by atoms with Gasteiger partial charge in [0.05, 0.1) is 24.2 Å². The second-order valence-corrected chi connectivity index (χ2v) is 7.93. The number of hydrogen-bond donors (Lipinski definition) is 0. The van der Waals surface area contributed by atoms with Crippen molar-refractivity contribution < 1.29 is 23.9 Å². The van der Waals surface area contributed by atoms with Gasteiger partial charge in [0.25, 0.3) is 11.8 Å². The number of methoxy groups -OCH3 is 1. The van der Waals surface area contributed by atoms with Gasteiger partial charge in [-0.25, -0.2) is 0 Å². The lowest BCUT2D eigenvalue weighted by Crippen LogP contribution is -2.53. The van der Waals surface area contributed by atoms with Crippen LogP contribution in [0.3, 0.4) is 0 Å². The van der Waals surface area contributed by atoms with Gasteiger partial charge in [-0.3, -0.25) is 24.1 Å². The lowest BCUT2D eigenvalue weighted by Gasteiger charge is -2.35. The summed E-state index contributed by atoms with van der Waals surface area (Å²) in [5.74, 6) is -0.868. The fraction of sp³-hybridized carbons (Fsp3) is 0.500. The molecule has 7 nitrogen and oxygen atoms in total. The van der Waals surface area contributed by atoms with Gasteiger partial charge in [-0.1, -0.05) is 12.1 Å². The van der Waals surface area contributed by atoms with Crippen molar-refractivity contribution in [1.29, 1.82) is 0 Å². The molecule has 0 radical (unpaired) electrons. The van der Waals surface area contributed by atoms with Gasteiger partial charge in [0, 0.05) is 13.1 Å². The summed E-state index contributed by atoms with van der Waals surface area (Å²) in [6.45, 7) is 0.828. The number of rotatable bonds is 6. The fourth-order valence-electron chi connectivity index (χ4n) is 3.80. The van der Waals surface area contributed by atoms with E-state index in [0.717, 1.165) is 4.90 Å². The highest BCUT2D eigenvalue weighted by Crippen LogP contribution is 2.28. The summed E-state index contributed by atoms with van der Waals surface area (Å²) in [5, 5.41) is 0. The quantitative estimate of drug-likeness (QED) is 0.531. The van der Waals surface area contributed by atoms with E-state index in [2.05, 4.69) is 0 Å². The van der Waals surface area contributed by atoms with Gasteiger partial charge >= 0.3 is 5.97 Å². The molecule has 2 aliphatic heterocycles. The Kier molecular flexibility index (Phi) is 6.39. The molecule has 2 aliphatic rings. The van der Waals surface area contributed by atoms with Crippen LogP contribution >= 0.6 is 11.8 Å². The Morgan fingerprint density at radius 2 is 1.71 bits per heavy atom. The number of likely N-dealkylation sites (tertiary alicyclic amines) is 1. The maximum absolute atomic E-state index is 13.2. The summed E-state index contributed by atoms with van der Waals surface area (Å²) >= 11 is 1.57. The van der Waals surface area contributed by atoms with Crippen LogP contribution in [0, 0.1) is 5.92 Å². The number of nitrogens with zero attached hydrogens (tertiary/aromatic N) is 2. The summed E-state index contributed by atoms with van der Waals surface area (Å²) in [6, 6.07) is 5.84. The van der Waals surface area contributed by atoms with E-state index in [1.807, 2.05) is 6.26 Å². The summed E-state index contributed by atoms with van der Waals surface area (Å²) in [4.78, 5) is 53.4. The molecule has 1 fully saturated rings. The third-order valence-electron chi connectivity index (χ3n) is 5.36. The zero-order valence-corrected chi connectivity index (χ0v) is 16.9. The lowest BCUT2D eigenvalue weighted by atomic mass is 9.96. The molecule has 1 unspecified atom stereocenters. The Hall–Kier alpha value is -2.35. The highest BCUT2D eigenvalue weighted by molar-refractivity contribution is 7.98. The molecule has 0 N–H and O–H groups in total. The molecule has 2 heterocycles. The number of fused-ring (bicyclic) bond motifs is 1. The second kappa shape index (κ2) is 8.77. The highest BCUT2D eigenvalue weighted by atomic mass is 32.2. The Morgan fingerprint density at radius 1 is 1.14 bits per heavy atom. The number of amides is 3. The minimum absolute atomic E-state index is 0.210. The zero-order valence-electron chi connectivity index (χ0n) is 16.1. The number of ether oxygens (including phenoxy) is 1. The van der Waals surface area contributed by atoms with Crippen molar-refractivity contribution in [2.45, 2.75) is 25.3 Å². The SMILES string of the molecule is COC(=O)C1CCN(C(=O)C(CCSC)N2C(=O)c3ccccc3C2=O)CC1. The van der Waals surface area contributed by atoms with E-state index < -0.39 is 17.9 Å². The Labute approximate surface area is 168 Å². The molecule has 3 amide bonds. The molecule has 0 spiro atoms. The van der Waals surface area contributed by atoms with Crippen molar-refractivity contribution in [3.63, 3.8) is 0 Å². The molecular formula is C20H24N2O5S. The number of thioether (sulfide) groups is 1. The molecule has 0 aromatic heterocycles. The minimum atomic E-state index is -0.825. The molecule has 0 saturated carbocycles. The van der Waals surface area contributed by atoms with Gasteiger partial charge in [-0.05, 0) is 43.4 Å². The fourth-order valence-corrected chi connectivity index (χ4v) is 4.26. The predicted octanol–water partition coefficient (Wildman–Crippen LogP) is 1.82. The van der Waals surface area contributed by atoms with Crippen LogP contribution in [0.5, 0.6) is 0 Å². The van der Waals surface area contributed by atoms with Crippen LogP contribution < -0.4 is 0 Å². The van der Waals surface area contributed by atoms with Crippen LogP contribution in [0.25, 0.3) is 0 Å². The zero-order chi connectivity index (χ0) is 20.3. The van der Waals surface area contributed by atoms with E-state index in [9.17, 15) is 19.2 Å². The number of benzene rings is 1. The molecular weight excluding hydrogens is 380 g/mol. The van der Waals surface area contributed by atoms with E-state index in [-0.39, 0.29) is 17.8 Å². The van der Waals surface area contributed by atoms with Gasteiger partial charge < -0.3 is 9.64 Å². The smallest absolute Gasteiger partial charge is 0.308 e. The first-order chi connectivity index (χ1) is 13.5. The largest absolute Gasteiger partial charge is 0.469 e. The Balaban J connectivity index is 1.78. The summed E-state index contributed by atoms with van der Waals surface area (Å²) in [7, 11) is 1.36. The number of hydrogen-bond acceptors (Lipinski definition) is 6. The third-order valence-corrected chi connectivity index (χ3v) is 6.00. The van der Waals surface area contributed by atoms with E-state index in [4.69, 9.17) is 4.74 Å². The van der Waals surface area contributed by atoms with Gasteiger partial charge in [-0.2, -0.15) is 11.8 Å². The number of carbonyl (C=O) groups excluding carboxylic acids is 4. The molecule has 1 saturated heterocycles. The molecule has 0 aliphatic carbocycles. The number of carbonyl (C=O) groups is 4. The molecule has 1 atom stereocenters. The van der Waals surface area contributed by atoms with Crippen molar-refractivity contribution >= 4 is 35.5 Å². The summed E-state index contributed by atoms with van der Waals surface area (Å²) in [6.07, 6.45) is 3.37. The molecule has 1 aromatic carbocycles. The lowest BCUT2D eigenvalue weighted by molar-refractivity contribution is -0.149. The molecule has 3 rings (SSSR count). The van der Waals surface area contributed by atoms with Crippen molar-refractivity contribution in [1.82, 2.24) is 9.80 Å². The van der Waals surface area contributed by atoms with Crippen LogP contribution in [0.15, 0.2) is 24.3 Å². The molecule has 150 valence electrons. The maximum Gasteiger partial charge on any atom is 0.308 e. The van der Waals surface area contributed by atoms with Gasteiger partial charge in [0.1, 0.15) is 6.04 Å². The van der Waals surface area contributed by atoms with E-state index >= 15 is 0 Å². The van der Waals surface area contributed by atoms with Gasteiger partial charge in [0.15, 0.2) is 0 Å². The van der Waals surface area contributed by atoms with Crippen LogP contribution in [0.1, 0.15) is 40.0 Å². The number of esters is 1. The van der Waals surface area contributed by atoms with Gasteiger partial charge in [0.2, 0.25) is 5.91 Å². The minimum Gasteiger partial charge on any atom is -0.469 e.